The smallest absolute Gasteiger partial charge is 0.189 e. The molecular weight excluding hydrogens is 376 g/mol. The zero-order valence-electron chi connectivity index (χ0n) is 18.0. The van der Waals surface area contributed by atoms with Gasteiger partial charge in [0, 0.05) is 6.42 Å². The van der Waals surface area contributed by atoms with Gasteiger partial charge in [0.1, 0.15) is 0 Å². The summed E-state index contributed by atoms with van der Waals surface area (Å²) in [5.41, 5.74) is 4.40. The highest BCUT2D eigenvalue weighted by Crippen LogP contribution is 2.33. The van der Waals surface area contributed by atoms with Crippen LogP contribution in [0.15, 0.2) is 66.3 Å². The Morgan fingerprint density at radius 1 is 0.933 bits per heavy atom. The molecule has 0 fully saturated rings. The highest BCUT2D eigenvalue weighted by atomic mass is 16.6. The third kappa shape index (κ3) is 5.97. The standard InChI is InChI=1S/C26H32O4/c1-18-6-8-21(9-7-18)17-30-26(29)12-4-5-23(16-26)14-20(3)19(2)13-22-10-11-24(27)25(28)15-22/h4-12,15,19-20,27-29H,13-14,16-17H2,1-3H3. The van der Waals surface area contributed by atoms with Crippen LogP contribution in [0.1, 0.15) is 43.4 Å². The number of aryl methyl sites for hydroxylation is 1. The van der Waals surface area contributed by atoms with Gasteiger partial charge in [0.05, 0.1) is 6.61 Å². The maximum Gasteiger partial charge on any atom is 0.189 e. The number of phenolic OH excluding ortho intramolecular Hbond substituents is 2. The molecule has 30 heavy (non-hydrogen) atoms. The second-order valence-corrected chi connectivity index (χ2v) is 8.67. The van der Waals surface area contributed by atoms with Crippen LogP contribution in [0.3, 0.4) is 0 Å². The van der Waals surface area contributed by atoms with E-state index >= 15 is 0 Å². The van der Waals surface area contributed by atoms with Crippen LogP contribution in [0.25, 0.3) is 0 Å². The molecule has 3 atom stereocenters. The Kier molecular flexibility index (Phi) is 7.01. The summed E-state index contributed by atoms with van der Waals surface area (Å²) in [5.74, 6) is -0.685. The van der Waals surface area contributed by atoms with Crippen LogP contribution in [-0.2, 0) is 17.8 Å². The molecule has 3 rings (SSSR count). The number of hydrogen-bond donors (Lipinski definition) is 3. The molecule has 1 aliphatic carbocycles. The Labute approximate surface area is 179 Å². The fraction of sp³-hybridized carbons (Fsp3) is 0.385. The van der Waals surface area contributed by atoms with E-state index in [0.29, 0.717) is 24.9 Å². The maximum absolute atomic E-state index is 10.9. The van der Waals surface area contributed by atoms with E-state index in [1.54, 1.807) is 12.1 Å². The van der Waals surface area contributed by atoms with Gasteiger partial charge in [-0.2, -0.15) is 0 Å². The molecule has 0 heterocycles. The van der Waals surface area contributed by atoms with Gasteiger partial charge in [-0.3, -0.25) is 0 Å². The van der Waals surface area contributed by atoms with Gasteiger partial charge >= 0.3 is 0 Å². The summed E-state index contributed by atoms with van der Waals surface area (Å²) >= 11 is 0. The largest absolute Gasteiger partial charge is 0.504 e. The zero-order valence-corrected chi connectivity index (χ0v) is 18.0. The highest BCUT2D eigenvalue weighted by Gasteiger charge is 2.29. The second kappa shape index (κ2) is 9.50. The molecule has 3 N–H and O–H groups in total. The van der Waals surface area contributed by atoms with Crippen LogP contribution in [0.4, 0.5) is 0 Å². The first-order valence-corrected chi connectivity index (χ1v) is 10.5. The number of rotatable bonds is 8. The quantitative estimate of drug-likeness (QED) is 0.404. The van der Waals surface area contributed by atoms with Crippen molar-refractivity contribution in [2.45, 2.75) is 52.4 Å². The van der Waals surface area contributed by atoms with Crippen LogP contribution in [-0.4, -0.2) is 21.1 Å². The Morgan fingerprint density at radius 2 is 1.60 bits per heavy atom. The monoisotopic (exact) mass is 408 g/mol. The summed E-state index contributed by atoms with van der Waals surface area (Å²) in [4.78, 5) is 0. The van der Waals surface area contributed by atoms with Crippen LogP contribution < -0.4 is 0 Å². The van der Waals surface area contributed by atoms with Crippen molar-refractivity contribution in [1.29, 1.82) is 0 Å². The molecular formula is C26H32O4. The first-order chi connectivity index (χ1) is 14.2. The summed E-state index contributed by atoms with van der Waals surface area (Å²) in [6, 6.07) is 13.1. The van der Waals surface area contributed by atoms with Gasteiger partial charge < -0.3 is 20.1 Å². The number of benzene rings is 2. The Morgan fingerprint density at radius 3 is 2.30 bits per heavy atom. The van der Waals surface area contributed by atoms with E-state index in [1.807, 2.05) is 43.3 Å². The molecule has 4 heteroatoms. The van der Waals surface area contributed by atoms with Gasteiger partial charge in [0.25, 0.3) is 0 Å². The molecule has 2 aromatic rings. The topological polar surface area (TPSA) is 69.9 Å². The van der Waals surface area contributed by atoms with Gasteiger partial charge in [0.15, 0.2) is 17.3 Å². The van der Waals surface area contributed by atoms with Crippen molar-refractivity contribution in [2.75, 3.05) is 0 Å². The van der Waals surface area contributed by atoms with Crippen LogP contribution in [0.5, 0.6) is 11.5 Å². The molecule has 4 nitrogen and oxygen atoms in total. The van der Waals surface area contributed by atoms with Crippen molar-refractivity contribution in [3.63, 3.8) is 0 Å². The summed E-state index contributed by atoms with van der Waals surface area (Å²) < 4.78 is 5.87. The average molecular weight is 409 g/mol. The van der Waals surface area contributed by atoms with Crippen LogP contribution in [0.2, 0.25) is 0 Å². The number of aromatic hydroxyl groups is 2. The molecule has 0 spiro atoms. The molecule has 0 saturated carbocycles. The molecule has 2 aromatic carbocycles. The molecule has 0 aliphatic heterocycles. The Hall–Kier alpha value is -2.56. The van der Waals surface area contributed by atoms with Gasteiger partial charge in [-0.05, 0) is 60.9 Å². The third-order valence-electron chi connectivity index (χ3n) is 5.93. The molecule has 0 amide bonds. The summed E-state index contributed by atoms with van der Waals surface area (Å²) in [7, 11) is 0. The maximum atomic E-state index is 10.9. The highest BCUT2D eigenvalue weighted by molar-refractivity contribution is 5.40. The number of ether oxygens (including phenoxy) is 1. The Bertz CT molecular complexity index is 913. The minimum Gasteiger partial charge on any atom is -0.504 e. The number of allylic oxidation sites excluding steroid dienone is 2. The predicted molar refractivity (Wildman–Crippen MR) is 119 cm³/mol. The van der Waals surface area contributed by atoms with E-state index in [1.165, 1.54) is 11.6 Å². The molecule has 0 radical (unpaired) electrons. The van der Waals surface area contributed by atoms with Crippen molar-refractivity contribution in [3.05, 3.63) is 83.0 Å². The summed E-state index contributed by atoms with van der Waals surface area (Å²) in [5, 5.41) is 30.1. The van der Waals surface area contributed by atoms with E-state index in [9.17, 15) is 15.3 Å². The predicted octanol–water partition coefficient (Wildman–Crippen LogP) is 5.40. The van der Waals surface area contributed by atoms with E-state index in [2.05, 4.69) is 19.9 Å². The molecule has 0 aromatic heterocycles. The minimum atomic E-state index is -1.28. The van der Waals surface area contributed by atoms with Crippen molar-refractivity contribution in [2.24, 2.45) is 11.8 Å². The molecule has 160 valence electrons. The SMILES string of the molecule is Cc1ccc(COC2(O)C=CC=C(CC(C)C(C)Cc3ccc(O)c(O)c3)C2)cc1. The first-order valence-electron chi connectivity index (χ1n) is 10.5. The normalized spacial score (nSPS) is 20.6. The molecule has 1 aliphatic rings. The van der Waals surface area contributed by atoms with Gasteiger partial charge in [-0.15, -0.1) is 0 Å². The van der Waals surface area contributed by atoms with Crippen LogP contribution in [0, 0.1) is 18.8 Å². The summed E-state index contributed by atoms with van der Waals surface area (Å²) in [6.07, 6.45) is 7.81. The molecule has 3 unspecified atom stereocenters. The second-order valence-electron chi connectivity index (χ2n) is 8.67. The lowest BCUT2D eigenvalue weighted by molar-refractivity contribution is -0.174. The first kappa shape index (κ1) is 22.1. The number of hydrogen-bond acceptors (Lipinski definition) is 4. The minimum absolute atomic E-state index is 0.0803. The Balaban J connectivity index is 1.54. The van der Waals surface area contributed by atoms with E-state index in [-0.39, 0.29) is 11.5 Å². The van der Waals surface area contributed by atoms with Crippen molar-refractivity contribution >= 4 is 0 Å². The lowest BCUT2D eigenvalue weighted by Gasteiger charge is -2.30. The van der Waals surface area contributed by atoms with E-state index < -0.39 is 5.79 Å². The van der Waals surface area contributed by atoms with Gasteiger partial charge in [-0.1, -0.05) is 67.5 Å². The fourth-order valence-electron chi connectivity index (χ4n) is 3.79. The van der Waals surface area contributed by atoms with Gasteiger partial charge in [0.2, 0.25) is 0 Å². The molecule has 0 saturated heterocycles. The van der Waals surface area contributed by atoms with Gasteiger partial charge in [-0.25, -0.2) is 0 Å². The van der Waals surface area contributed by atoms with Crippen LogP contribution >= 0.6 is 0 Å². The average Bonchev–Trinajstić information content (AvgIpc) is 2.70. The third-order valence-corrected chi connectivity index (χ3v) is 5.93. The van der Waals surface area contributed by atoms with Crippen molar-refractivity contribution in [3.8, 4) is 11.5 Å². The lowest BCUT2D eigenvalue weighted by atomic mass is 9.83. The lowest BCUT2D eigenvalue weighted by Crippen LogP contribution is -2.32. The van der Waals surface area contributed by atoms with Crippen molar-refractivity contribution in [1.82, 2.24) is 0 Å². The van der Waals surface area contributed by atoms with E-state index in [4.69, 9.17) is 4.74 Å². The fourth-order valence-corrected chi connectivity index (χ4v) is 3.79. The summed E-state index contributed by atoms with van der Waals surface area (Å²) in [6.45, 7) is 6.81. The zero-order chi connectivity index (χ0) is 21.7. The van der Waals surface area contributed by atoms with Crippen molar-refractivity contribution < 1.29 is 20.1 Å². The number of phenols is 2. The molecule has 0 bridgehead atoms. The number of aliphatic hydroxyl groups is 1. The van der Waals surface area contributed by atoms with E-state index in [0.717, 1.165) is 29.5 Å².